The van der Waals surface area contributed by atoms with E-state index in [2.05, 4.69) is 47.9 Å². The molecule has 29 heavy (non-hydrogen) atoms. The Morgan fingerprint density at radius 3 is 1.66 bits per heavy atom. The van der Waals surface area contributed by atoms with Gasteiger partial charge < -0.3 is 24.9 Å². The van der Waals surface area contributed by atoms with Gasteiger partial charge in [-0.2, -0.15) is 0 Å². The first-order valence-electron chi connectivity index (χ1n) is 10.5. The minimum absolute atomic E-state index is 0.111. The van der Waals surface area contributed by atoms with Gasteiger partial charge in [0.1, 0.15) is 5.75 Å². The van der Waals surface area contributed by atoms with Gasteiger partial charge in [0.05, 0.1) is 5.92 Å². The lowest BCUT2D eigenvalue weighted by molar-refractivity contribution is -0.142. The number of carbonyl (C=O) groups is 1. The van der Waals surface area contributed by atoms with Crippen LogP contribution in [0.1, 0.15) is 56.2 Å². The first-order valence-corrected chi connectivity index (χ1v) is 10.5. The van der Waals surface area contributed by atoms with Gasteiger partial charge in [0, 0.05) is 30.8 Å². The van der Waals surface area contributed by atoms with Gasteiger partial charge in [0.2, 0.25) is 0 Å². The predicted molar refractivity (Wildman–Crippen MR) is 121 cm³/mol. The molecule has 1 unspecified atom stereocenters. The number of phenolic OH excluding ortho intramolecular Hbond substituents is 1. The van der Waals surface area contributed by atoms with Crippen molar-refractivity contribution in [1.29, 1.82) is 0 Å². The summed E-state index contributed by atoms with van der Waals surface area (Å²) in [7, 11) is 12.2. The minimum Gasteiger partial charge on any atom is -0.507 e. The van der Waals surface area contributed by atoms with E-state index in [1.807, 2.05) is 35.1 Å². The van der Waals surface area contributed by atoms with Gasteiger partial charge in [0.25, 0.3) is 0 Å². The molecule has 1 rings (SSSR count). The summed E-state index contributed by atoms with van der Waals surface area (Å²) in [5.41, 5.74) is 3.25. The second kappa shape index (κ2) is 14.4. The van der Waals surface area contributed by atoms with Crippen molar-refractivity contribution in [2.45, 2.75) is 59.2 Å². The second-order valence-corrected chi connectivity index (χ2v) is 8.56. The van der Waals surface area contributed by atoms with Crippen molar-refractivity contribution < 1.29 is 15.0 Å². The fourth-order valence-electron chi connectivity index (χ4n) is 3.16. The normalized spacial score (nSPS) is 12.2. The molecule has 168 valence electrons. The molecule has 0 aliphatic carbocycles. The predicted octanol–water partition coefficient (Wildman–Crippen LogP) is 3.86. The third kappa shape index (κ3) is 11.8. The largest absolute Gasteiger partial charge is 0.507 e. The molecule has 0 heterocycles. The highest BCUT2D eigenvalue weighted by Gasteiger charge is 2.13. The average Bonchev–Trinajstić information content (AvgIpc) is 2.58. The Bertz CT molecular complexity index is 570. The van der Waals surface area contributed by atoms with Crippen molar-refractivity contribution in [3.05, 3.63) is 28.8 Å². The van der Waals surface area contributed by atoms with Crippen LogP contribution in [0.15, 0.2) is 12.1 Å². The molecule has 0 bridgehead atoms. The van der Waals surface area contributed by atoms with E-state index in [0.717, 1.165) is 56.4 Å². The number of unbranched alkanes of at least 4 members (excludes halogenated alkanes) is 1. The Morgan fingerprint density at radius 1 is 0.897 bits per heavy atom. The number of aliphatic carboxylic acids is 1. The van der Waals surface area contributed by atoms with Gasteiger partial charge in [-0.1, -0.05) is 26.7 Å². The van der Waals surface area contributed by atoms with Crippen LogP contribution in [0.3, 0.4) is 0 Å². The molecule has 0 aliphatic rings. The van der Waals surface area contributed by atoms with Crippen LogP contribution in [0.4, 0.5) is 0 Å². The summed E-state index contributed by atoms with van der Waals surface area (Å²) in [6, 6.07) is 4.21. The quantitative estimate of drug-likeness (QED) is 0.578. The van der Waals surface area contributed by atoms with Crippen molar-refractivity contribution >= 4 is 5.97 Å². The van der Waals surface area contributed by atoms with E-state index < -0.39 is 5.97 Å². The zero-order valence-electron chi connectivity index (χ0n) is 19.8. The van der Waals surface area contributed by atoms with Crippen LogP contribution in [0.25, 0.3) is 0 Å². The summed E-state index contributed by atoms with van der Waals surface area (Å²) >= 11 is 0. The number of carboxylic acid groups (broad SMARTS) is 1. The maximum atomic E-state index is 10.4. The van der Waals surface area contributed by atoms with E-state index in [0.29, 0.717) is 5.75 Å². The number of aromatic hydroxyl groups is 1. The fourth-order valence-corrected chi connectivity index (χ4v) is 3.16. The maximum Gasteiger partial charge on any atom is 0.306 e. The molecule has 0 aliphatic heterocycles. The number of rotatable bonds is 11. The van der Waals surface area contributed by atoms with Crippen LogP contribution in [0.2, 0.25) is 0 Å². The van der Waals surface area contributed by atoms with E-state index in [4.69, 9.17) is 5.11 Å². The van der Waals surface area contributed by atoms with Crippen LogP contribution in [-0.2, 0) is 24.4 Å². The van der Waals surface area contributed by atoms with Crippen molar-refractivity contribution in [2.24, 2.45) is 5.92 Å². The highest BCUT2D eigenvalue weighted by atomic mass is 16.4. The van der Waals surface area contributed by atoms with Crippen LogP contribution >= 0.6 is 0 Å². The van der Waals surface area contributed by atoms with E-state index in [-0.39, 0.29) is 5.92 Å². The number of phenols is 1. The molecule has 0 fully saturated rings. The third-order valence-electron chi connectivity index (χ3n) is 4.55. The lowest BCUT2D eigenvalue weighted by atomic mass is 10.00. The number of hydrogen-bond acceptors (Lipinski definition) is 5. The lowest BCUT2D eigenvalue weighted by Crippen LogP contribution is -2.16. The van der Waals surface area contributed by atoms with E-state index >= 15 is 0 Å². The number of nitrogens with zero attached hydrogens (tertiary/aromatic N) is 3. The minimum atomic E-state index is -0.643. The van der Waals surface area contributed by atoms with Crippen LogP contribution < -0.4 is 0 Å². The molecule has 0 saturated carbocycles. The summed E-state index contributed by atoms with van der Waals surface area (Å²) in [4.78, 5) is 16.7. The average molecular weight is 410 g/mol. The molecule has 6 nitrogen and oxygen atoms in total. The Labute approximate surface area is 178 Å². The summed E-state index contributed by atoms with van der Waals surface area (Å²) in [5.74, 6) is -0.319. The number of benzene rings is 1. The molecule has 6 heteroatoms. The Hall–Kier alpha value is -1.63. The highest BCUT2D eigenvalue weighted by molar-refractivity contribution is 5.69. The first kappa shape index (κ1) is 27.4. The second-order valence-electron chi connectivity index (χ2n) is 8.56. The molecule has 0 radical (unpaired) electrons. The molecule has 1 aromatic carbocycles. The van der Waals surface area contributed by atoms with Crippen LogP contribution in [0.5, 0.6) is 5.75 Å². The molecule has 0 amide bonds. The van der Waals surface area contributed by atoms with Gasteiger partial charge in [-0.15, -0.1) is 0 Å². The molecular formula is C23H43N3O3. The maximum absolute atomic E-state index is 10.4. The smallest absolute Gasteiger partial charge is 0.306 e. The molecule has 1 aromatic rings. The summed E-state index contributed by atoms with van der Waals surface area (Å²) in [5, 5.41) is 19.0. The van der Waals surface area contributed by atoms with Gasteiger partial charge in [-0.3, -0.25) is 4.79 Å². The van der Waals surface area contributed by atoms with Crippen molar-refractivity contribution in [2.75, 3.05) is 42.3 Å². The molecular weight excluding hydrogens is 366 g/mol. The highest BCUT2D eigenvalue weighted by Crippen LogP contribution is 2.27. The Balaban J connectivity index is 0.000000665. The summed E-state index contributed by atoms with van der Waals surface area (Å²) in [6.07, 6.45) is 3.71. The Morgan fingerprint density at radius 2 is 1.34 bits per heavy atom. The lowest BCUT2D eigenvalue weighted by Gasteiger charge is -2.19. The SMILES string of the molecule is CCCCC(CC)C(=O)O.CN(C)Cc1cc(CN(C)C)c(O)c(CN(C)C)c1. The number of hydrogen-bond donors (Lipinski definition) is 2. The van der Waals surface area contributed by atoms with Gasteiger partial charge in [0.15, 0.2) is 0 Å². The van der Waals surface area contributed by atoms with Crippen molar-refractivity contribution in [1.82, 2.24) is 14.7 Å². The van der Waals surface area contributed by atoms with Gasteiger partial charge in [-0.05, 0) is 72.8 Å². The summed E-state index contributed by atoms with van der Waals surface area (Å²) < 4.78 is 0. The zero-order chi connectivity index (χ0) is 22.6. The fraction of sp³-hybridized carbons (Fsp3) is 0.696. The van der Waals surface area contributed by atoms with Crippen LogP contribution in [-0.4, -0.2) is 73.2 Å². The van der Waals surface area contributed by atoms with E-state index in [1.165, 1.54) is 5.56 Å². The topological polar surface area (TPSA) is 67.2 Å². The van der Waals surface area contributed by atoms with Crippen molar-refractivity contribution in [3.8, 4) is 5.75 Å². The van der Waals surface area contributed by atoms with Gasteiger partial charge in [-0.25, -0.2) is 0 Å². The standard InChI is InChI=1S/C15H27N3O.C8H16O2/c1-16(2)9-12-7-13(10-17(3)4)15(19)14(8-12)11-18(5)6;1-3-5-6-7(4-2)8(9)10/h7-8,19H,9-11H2,1-6H3;7H,3-6H2,1-2H3,(H,9,10). The summed E-state index contributed by atoms with van der Waals surface area (Å²) in [6.45, 7) is 6.41. The third-order valence-corrected chi connectivity index (χ3v) is 4.55. The monoisotopic (exact) mass is 409 g/mol. The van der Waals surface area contributed by atoms with E-state index in [9.17, 15) is 9.90 Å². The first-order chi connectivity index (χ1) is 13.5. The molecule has 1 atom stereocenters. The van der Waals surface area contributed by atoms with Crippen LogP contribution in [0, 0.1) is 5.92 Å². The van der Waals surface area contributed by atoms with Crippen molar-refractivity contribution in [3.63, 3.8) is 0 Å². The van der Waals surface area contributed by atoms with Gasteiger partial charge >= 0.3 is 5.97 Å². The Kier molecular flexibility index (Phi) is 13.6. The molecule has 0 spiro atoms. The van der Waals surface area contributed by atoms with E-state index in [1.54, 1.807) is 0 Å². The molecule has 0 saturated heterocycles. The number of carboxylic acids is 1. The molecule has 2 N–H and O–H groups in total. The molecule has 0 aromatic heterocycles. The zero-order valence-corrected chi connectivity index (χ0v) is 19.8.